The molecule has 1 aliphatic carbocycles. The number of aromatic hydroxyl groups is 1. The van der Waals surface area contributed by atoms with Crippen LogP contribution in [-0.2, 0) is 17.8 Å². The van der Waals surface area contributed by atoms with Gasteiger partial charge in [0.2, 0.25) is 5.91 Å². The molecule has 0 saturated heterocycles. The number of phenolic OH excluding ortho intramolecular Hbond substituents is 1. The molecule has 1 heterocycles. The molecule has 4 heteroatoms. The van der Waals surface area contributed by atoms with Gasteiger partial charge in [-0.1, -0.05) is 27.7 Å². The zero-order chi connectivity index (χ0) is 19.2. The van der Waals surface area contributed by atoms with Crippen LogP contribution in [0.4, 0.5) is 0 Å². The van der Waals surface area contributed by atoms with E-state index in [1.807, 2.05) is 7.05 Å². The number of hydrogen-bond acceptors (Lipinski definition) is 3. The first-order chi connectivity index (χ1) is 12.2. The van der Waals surface area contributed by atoms with Crippen molar-refractivity contribution in [3.8, 4) is 11.5 Å². The summed E-state index contributed by atoms with van der Waals surface area (Å²) >= 11 is 0. The fourth-order valence-electron chi connectivity index (χ4n) is 4.52. The zero-order valence-electron chi connectivity index (χ0n) is 17.1. The van der Waals surface area contributed by atoms with Gasteiger partial charge in [0, 0.05) is 42.8 Å². The third-order valence-corrected chi connectivity index (χ3v) is 6.21. The summed E-state index contributed by atoms with van der Waals surface area (Å²) < 4.78 is 6.65. The van der Waals surface area contributed by atoms with E-state index >= 15 is 0 Å². The average molecular weight is 360 g/mol. The van der Waals surface area contributed by atoms with Gasteiger partial charge in [-0.05, 0) is 43.9 Å². The van der Waals surface area contributed by atoms with Crippen LogP contribution in [0.2, 0.25) is 0 Å². The van der Waals surface area contributed by atoms with E-state index in [1.54, 1.807) is 11.8 Å². The van der Waals surface area contributed by atoms with Crippen molar-refractivity contribution in [3.63, 3.8) is 0 Å². The molecule has 0 radical (unpaired) electrons. The van der Waals surface area contributed by atoms with Crippen molar-refractivity contribution >= 4 is 5.91 Å². The summed E-state index contributed by atoms with van der Waals surface area (Å²) in [7, 11) is 1.81. The van der Waals surface area contributed by atoms with Crippen LogP contribution >= 0.6 is 0 Å². The molecule has 1 N–H and O–H groups in total. The number of phenols is 1. The van der Waals surface area contributed by atoms with Crippen molar-refractivity contribution in [1.82, 2.24) is 4.90 Å². The van der Waals surface area contributed by atoms with Crippen molar-refractivity contribution in [2.45, 2.75) is 90.7 Å². The smallest absolute Gasteiger partial charge is 0.219 e. The van der Waals surface area contributed by atoms with Crippen LogP contribution in [0.15, 0.2) is 0 Å². The van der Waals surface area contributed by atoms with Crippen molar-refractivity contribution in [3.05, 3.63) is 22.3 Å². The number of rotatable bonds is 4. The van der Waals surface area contributed by atoms with Crippen LogP contribution < -0.4 is 4.74 Å². The summed E-state index contributed by atoms with van der Waals surface area (Å²) in [4.78, 5) is 13.6. The Kier molecular flexibility index (Phi) is 4.98. The van der Waals surface area contributed by atoms with E-state index in [4.69, 9.17) is 4.74 Å². The van der Waals surface area contributed by atoms with Gasteiger partial charge >= 0.3 is 0 Å². The summed E-state index contributed by atoms with van der Waals surface area (Å²) in [5.41, 5.74) is 4.12. The number of carbonyl (C=O) groups excluding carboxylic acids is 1. The van der Waals surface area contributed by atoms with Crippen molar-refractivity contribution in [2.75, 3.05) is 7.05 Å². The van der Waals surface area contributed by atoms with Gasteiger partial charge in [0.15, 0.2) is 0 Å². The SMILES string of the molecule is CC(=O)N(C)Cc1c2c(c(C(C)C)c(O)c1C(C)C)CCC1(CCC1)O2. The molecule has 4 nitrogen and oxygen atoms in total. The van der Waals surface area contributed by atoms with E-state index in [0.29, 0.717) is 12.3 Å². The highest BCUT2D eigenvalue weighted by atomic mass is 16.5. The van der Waals surface area contributed by atoms with E-state index < -0.39 is 0 Å². The highest BCUT2D eigenvalue weighted by Gasteiger charge is 2.44. The number of nitrogens with zero attached hydrogens (tertiary/aromatic N) is 1. The largest absolute Gasteiger partial charge is 0.507 e. The first kappa shape index (κ1) is 19.1. The van der Waals surface area contributed by atoms with Crippen molar-refractivity contribution < 1.29 is 14.6 Å². The Hall–Kier alpha value is -1.71. The molecule has 144 valence electrons. The van der Waals surface area contributed by atoms with Crippen LogP contribution in [0, 0.1) is 0 Å². The fourth-order valence-corrected chi connectivity index (χ4v) is 4.52. The summed E-state index contributed by atoms with van der Waals surface area (Å²) in [6.07, 6.45) is 5.44. The van der Waals surface area contributed by atoms with E-state index in [1.165, 1.54) is 6.42 Å². The van der Waals surface area contributed by atoms with E-state index in [0.717, 1.165) is 53.7 Å². The number of ether oxygens (including phenoxy) is 1. The second kappa shape index (κ2) is 6.79. The van der Waals surface area contributed by atoms with Crippen LogP contribution in [0.5, 0.6) is 11.5 Å². The van der Waals surface area contributed by atoms with E-state index in [9.17, 15) is 9.90 Å². The van der Waals surface area contributed by atoms with Crippen molar-refractivity contribution in [1.29, 1.82) is 0 Å². The van der Waals surface area contributed by atoms with Gasteiger partial charge in [0.1, 0.15) is 17.1 Å². The minimum Gasteiger partial charge on any atom is -0.507 e. The molecule has 1 aromatic carbocycles. The Morgan fingerprint density at radius 2 is 1.77 bits per heavy atom. The third-order valence-electron chi connectivity index (χ3n) is 6.21. The predicted octanol–water partition coefficient (Wildman–Crippen LogP) is 4.87. The number of hydrogen-bond donors (Lipinski definition) is 1. The molecule has 0 aromatic heterocycles. The highest BCUT2D eigenvalue weighted by Crippen LogP contribution is 2.52. The molecule has 1 saturated carbocycles. The lowest BCUT2D eigenvalue weighted by Crippen LogP contribution is -2.46. The summed E-state index contributed by atoms with van der Waals surface area (Å²) in [5, 5.41) is 11.2. The molecule has 2 aliphatic rings. The van der Waals surface area contributed by atoms with Crippen LogP contribution in [-0.4, -0.2) is 28.6 Å². The quantitative estimate of drug-likeness (QED) is 0.835. The molecule has 3 rings (SSSR count). The molecule has 1 aliphatic heterocycles. The Labute approximate surface area is 157 Å². The normalized spacial score (nSPS) is 17.8. The first-order valence-electron chi connectivity index (χ1n) is 9.98. The first-order valence-corrected chi connectivity index (χ1v) is 9.98. The van der Waals surface area contributed by atoms with Gasteiger partial charge in [0.05, 0.1) is 0 Å². The molecule has 26 heavy (non-hydrogen) atoms. The molecule has 1 aromatic rings. The summed E-state index contributed by atoms with van der Waals surface area (Å²) in [6.45, 7) is 10.5. The van der Waals surface area contributed by atoms with Crippen LogP contribution in [0.3, 0.4) is 0 Å². The molecular weight excluding hydrogens is 326 g/mol. The zero-order valence-corrected chi connectivity index (χ0v) is 17.1. The monoisotopic (exact) mass is 359 g/mol. The number of amides is 1. The fraction of sp³-hybridized carbons (Fsp3) is 0.682. The second-order valence-electron chi connectivity index (χ2n) is 8.79. The Morgan fingerprint density at radius 1 is 1.15 bits per heavy atom. The third kappa shape index (κ3) is 3.08. The lowest BCUT2D eigenvalue weighted by molar-refractivity contribution is -0.128. The topological polar surface area (TPSA) is 49.8 Å². The lowest BCUT2D eigenvalue weighted by Gasteiger charge is -2.47. The Bertz CT molecular complexity index is 717. The highest BCUT2D eigenvalue weighted by molar-refractivity contribution is 5.73. The molecule has 0 bridgehead atoms. The predicted molar refractivity (Wildman–Crippen MR) is 104 cm³/mol. The van der Waals surface area contributed by atoms with Crippen LogP contribution in [0.25, 0.3) is 0 Å². The number of carbonyl (C=O) groups is 1. The average Bonchev–Trinajstić information content (AvgIpc) is 2.52. The summed E-state index contributed by atoms with van der Waals surface area (Å²) in [6, 6.07) is 0. The van der Waals surface area contributed by atoms with Gasteiger partial charge in [0.25, 0.3) is 0 Å². The Balaban J connectivity index is 2.22. The molecule has 1 spiro atoms. The number of benzene rings is 1. The maximum absolute atomic E-state index is 11.9. The molecule has 0 unspecified atom stereocenters. The van der Waals surface area contributed by atoms with E-state index in [-0.39, 0.29) is 23.3 Å². The minimum atomic E-state index is -0.0178. The second-order valence-corrected chi connectivity index (χ2v) is 8.79. The maximum Gasteiger partial charge on any atom is 0.219 e. The van der Waals surface area contributed by atoms with E-state index in [2.05, 4.69) is 27.7 Å². The van der Waals surface area contributed by atoms with Gasteiger partial charge in [-0.3, -0.25) is 4.79 Å². The molecular formula is C22H33NO3. The molecule has 1 amide bonds. The maximum atomic E-state index is 11.9. The Morgan fingerprint density at radius 3 is 2.23 bits per heavy atom. The summed E-state index contributed by atoms with van der Waals surface area (Å²) in [5.74, 6) is 1.79. The van der Waals surface area contributed by atoms with Gasteiger partial charge in [-0.15, -0.1) is 0 Å². The minimum absolute atomic E-state index is 0.0178. The lowest BCUT2D eigenvalue weighted by atomic mass is 9.72. The molecule has 0 atom stereocenters. The van der Waals surface area contributed by atoms with Gasteiger partial charge < -0.3 is 14.7 Å². The van der Waals surface area contributed by atoms with Gasteiger partial charge in [-0.2, -0.15) is 0 Å². The van der Waals surface area contributed by atoms with Crippen molar-refractivity contribution in [2.24, 2.45) is 0 Å². The molecule has 1 fully saturated rings. The number of fused-ring (bicyclic) bond motifs is 1. The standard InChI is InChI=1S/C22H33NO3/c1-13(2)18-16-8-11-22(9-7-10-22)26-21(16)17(12-23(6)15(5)24)19(14(3)4)20(18)25/h13-14,25H,7-12H2,1-6H3. The van der Waals surface area contributed by atoms with Crippen LogP contribution in [0.1, 0.15) is 94.4 Å². The van der Waals surface area contributed by atoms with Gasteiger partial charge in [-0.25, -0.2) is 0 Å².